The highest BCUT2D eigenvalue weighted by molar-refractivity contribution is 6.21. The molecule has 0 spiro atoms. The molecule has 0 fully saturated rings. The third kappa shape index (κ3) is 3.04. The molecule has 0 aliphatic carbocycles. The van der Waals surface area contributed by atoms with Gasteiger partial charge in [-0.1, -0.05) is 0 Å². The van der Waals surface area contributed by atoms with Crippen LogP contribution in [0.4, 0.5) is 0 Å². The lowest BCUT2D eigenvalue weighted by Crippen LogP contribution is -2.43. The van der Waals surface area contributed by atoms with Gasteiger partial charge in [0.1, 0.15) is 12.2 Å². The molecule has 0 saturated carbocycles. The lowest BCUT2D eigenvalue weighted by atomic mass is 10.1. The maximum absolute atomic E-state index is 9.95. The minimum absolute atomic E-state index is 0.101. The predicted octanol–water partition coefficient (Wildman–Crippen LogP) is -2.13. The Morgan fingerprint density at radius 2 is 1.83 bits per heavy atom. The zero-order valence-corrected chi connectivity index (χ0v) is 6.92. The molecule has 4 atom stereocenters. The van der Waals surface area contributed by atoms with Gasteiger partial charge in [-0.25, -0.2) is 0 Å². The van der Waals surface area contributed by atoms with Crippen molar-refractivity contribution in [2.24, 2.45) is 0 Å². The molecule has 0 aliphatic rings. The second-order valence-corrected chi connectivity index (χ2v) is 2.82. The summed E-state index contributed by atoms with van der Waals surface area (Å²) in [5, 5.41) is 33.7. The molecule has 0 saturated heterocycles. The number of hydrogen-bond donors (Lipinski definition) is 4. The lowest BCUT2D eigenvalue weighted by Gasteiger charge is -2.21. The SMILES string of the molecule is O=CC(O)C(O)C(Cl)C(O)CO. The average Bonchev–Trinajstić information content (AvgIpc) is 2.12. The average molecular weight is 199 g/mol. The Morgan fingerprint density at radius 3 is 2.17 bits per heavy atom. The number of hydrogen-bond acceptors (Lipinski definition) is 5. The highest BCUT2D eigenvalue weighted by atomic mass is 35.5. The third-order valence-corrected chi connectivity index (χ3v) is 1.92. The first-order valence-corrected chi connectivity index (χ1v) is 3.72. The van der Waals surface area contributed by atoms with Crippen LogP contribution in [-0.2, 0) is 4.79 Å². The quantitative estimate of drug-likeness (QED) is 0.299. The molecule has 72 valence electrons. The summed E-state index contributed by atoms with van der Waals surface area (Å²) >= 11 is 5.38. The largest absolute Gasteiger partial charge is 0.394 e. The Hall–Kier alpha value is -0.200. The van der Waals surface area contributed by atoms with Crippen LogP contribution in [-0.4, -0.2) is 57.0 Å². The monoisotopic (exact) mass is 198 g/mol. The molecule has 0 bridgehead atoms. The van der Waals surface area contributed by atoms with E-state index in [0.29, 0.717) is 0 Å². The molecule has 12 heavy (non-hydrogen) atoms. The fraction of sp³-hybridized carbons (Fsp3) is 0.833. The van der Waals surface area contributed by atoms with Crippen molar-refractivity contribution >= 4 is 17.9 Å². The number of rotatable bonds is 5. The van der Waals surface area contributed by atoms with Crippen molar-refractivity contribution in [3.8, 4) is 0 Å². The van der Waals surface area contributed by atoms with Gasteiger partial charge in [0.25, 0.3) is 0 Å². The summed E-state index contributed by atoms with van der Waals surface area (Å²) in [7, 11) is 0. The Bertz CT molecular complexity index is 142. The number of aldehydes is 1. The van der Waals surface area contributed by atoms with E-state index < -0.39 is 30.3 Å². The Kier molecular flexibility index (Phi) is 5.36. The summed E-state index contributed by atoms with van der Waals surface area (Å²) < 4.78 is 0. The summed E-state index contributed by atoms with van der Waals surface area (Å²) in [6.45, 7) is -0.642. The predicted molar refractivity (Wildman–Crippen MR) is 40.8 cm³/mol. The van der Waals surface area contributed by atoms with E-state index in [1.807, 2.05) is 0 Å². The zero-order chi connectivity index (χ0) is 9.72. The number of aliphatic hydroxyl groups is 4. The van der Waals surface area contributed by atoms with Gasteiger partial charge < -0.3 is 25.2 Å². The minimum Gasteiger partial charge on any atom is -0.394 e. The molecule has 0 aliphatic heterocycles. The van der Waals surface area contributed by atoms with Gasteiger partial charge >= 0.3 is 0 Å². The number of halogens is 1. The molecule has 0 aromatic heterocycles. The van der Waals surface area contributed by atoms with Crippen molar-refractivity contribution in [2.45, 2.75) is 23.7 Å². The molecule has 4 unspecified atom stereocenters. The number of carbonyl (C=O) groups excluding carboxylic acids is 1. The molecule has 0 radical (unpaired) electrons. The minimum atomic E-state index is -1.64. The highest BCUT2D eigenvalue weighted by Gasteiger charge is 2.29. The fourth-order valence-electron chi connectivity index (χ4n) is 0.597. The fourth-order valence-corrected chi connectivity index (χ4v) is 0.826. The van der Waals surface area contributed by atoms with Crippen LogP contribution in [0, 0.1) is 0 Å². The molecule has 0 amide bonds. The summed E-state index contributed by atoms with van der Waals surface area (Å²) in [5.41, 5.74) is 0. The van der Waals surface area contributed by atoms with Crippen molar-refractivity contribution in [3.05, 3.63) is 0 Å². The molecule has 0 aromatic rings. The second kappa shape index (κ2) is 5.45. The Labute approximate surface area is 74.2 Å². The molecule has 0 heterocycles. The van der Waals surface area contributed by atoms with Crippen molar-refractivity contribution in [3.63, 3.8) is 0 Å². The number of aliphatic hydroxyl groups excluding tert-OH is 4. The smallest absolute Gasteiger partial charge is 0.151 e. The summed E-state index contributed by atoms with van der Waals surface area (Å²) in [5.74, 6) is 0. The van der Waals surface area contributed by atoms with Crippen molar-refractivity contribution in [1.29, 1.82) is 0 Å². The molecule has 0 aromatic carbocycles. The Balaban J connectivity index is 4.07. The van der Waals surface area contributed by atoms with E-state index in [-0.39, 0.29) is 6.29 Å². The van der Waals surface area contributed by atoms with E-state index in [9.17, 15) is 4.79 Å². The van der Waals surface area contributed by atoms with Gasteiger partial charge in [-0.05, 0) is 0 Å². The van der Waals surface area contributed by atoms with Crippen LogP contribution in [0.2, 0.25) is 0 Å². The van der Waals surface area contributed by atoms with Gasteiger partial charge in [-0.3, -0.25) is 0 Å². The maximum Gasteiger partial charge on any atom is 0.151 e. The molecule has 4 N–H and O–H groups in total. The van der Waals surface area contributed by atoms with Crippen molar-refractivity contribution < 1.29 is 25.2 Å². The third-order valence-electron chi connectivity index (χ3n) is 1.37. The van der Waals surface area contributed by atoms with Gasteiger partial charge in [0, 0.05) is 0 Å². The van der Waals surface area contributed by atoms with E-state index in [1.165, 1.54) is 0 Å². The van der Waals surface area contributed by atoms with Crippen LogP contribution < -0.4 is 0 Å². The summed E-state index contributed by atoms with van der Waals surface area (Å²) in [6, 6.07) is 0. The number of carbonyl (C=O) groups is 1. The van der Waals surface area contributed by atoms with Gasteiger partial charge in [0.2, 0.25) is 0 Å². The van der Waals surface area contributed by atoms with Crippen LogP contribution >= 0.6 is 11.6 Å². The zero-order valence-electron chi connectivity index (χ0n) is 6.17. The molecule has 6 heteroatoms. The molecular weight excluding hydrogens is 188 g/mol. The van der Waals surface area contributed by atoms with E-state index in [1.54, 1.807) is 0 Å². The van der Waals surface area contributed by atoms with Gasteiger partial charge in [0.15, 0.2) is 6.29 Å². The van der Waals surface area contributed by atoms with Crippen molar-refractivity contribution in [1.82, 2.24) is 0 Å². The van der Waals surface area contributed by atoms with Crippen LogP contribution in [0.25, 0.3) is 0 Å². The van der Waals surface area contributed by atoms with Crippen LogP contribution in [0.5, 0.6) is 0 Å². The normalized spacial score (nSPS) is 21.1. The lowest BCUT2D eigenvalue weighted by molar-refractivity contribution is -0.121. The van der Waals surface area contributed by atoms with Gasteiger partial charge in [0.05, 0.1) is 18.1 Å². The van der Waals surface area contributed by atoms with E-state index >= 15 is 0 Å². The standard InChI is InChI=1S/C6H11ClO5/c7-5(3(10)1-8)6(12)4(11)2-9/h2-6,8,10-12H,1H2. The Morgan fingerprint density at radius 1 is 1.33 bits per heavy atom. The van der Waals surface area contributed by atoms with Gasteiger partial charge in [-0.15, -0.1) is 11.6 Å². The van der Waals surface area contributed by atoms with Gasteiger partial charge in [-0.2, -0.15) is 0 Å². The highest BCUT2D eigenvalue weighted by Crippen LogP contribution is 2.10. The summed E-state index contributed by atoms with van der Waals surface area (Å²) in [6.07, 6.45) is -4.49. The maximum atomic E-state index is 9.95. The first-order chi connectivity index (χ1) is 5.54. The van der Waals surface area contributed by atoms with Crippen LogP contribution in [0.15, 0.2) is 0 Å². The van der Waals surface area contributed by atoms with E-state index in [2.05, 4.69) is 0 Å². The summed E-state index contributed by atoms with van der Waals surface area (Å²) in [4.78, 5) is 9.95. The second-order valence-electron chi connectivity index (χ2n) is 2.31. The number of alkyl halides is 1. The first kappa shape index (κ1) is 11.8. The first-order valence-electron chi connectivity index (χ1n) is 3.29. The van der Waals surface area contributed by atoms with E-state index in [0.717, 1.165) is 0 Å². The van der Waals surface area contributed by atoms with Crippen LogP contribution in [0.3, 0.4) is 0 Å². The molecule has 5 nitrogen and oxygen atoms in total. The topological polar surface area (TPSA) is 98.0 Å². The van der Waals surface area contributed by atoms with E-state index in [4.69, 9.17) is 32.0 Å². The molecular formula is C6H11ClO5. The van der Waals surface area contributed by atoms with Crippen LogP contribution in [0.1, 0.15) is 0 Å². The molecule has 0 rings (SSSR count). The van der Waals surface area contributed by atoms with Crippen molar-refractivity contribution in [2.75, 3.05) is 6.61 Å².